The van der Waals surface area contributed by atoms with Gasteiger partial charge < -0.3 is 14.2 Å². The normalized spacial score (nSPS) is 12.3. The Hall–Kier alpha value is -2.37. The summed E-state index contributed by atoms with van der Waals surface area (Å²) in [5.74, 6) is -0.872. The van der Waals surface area contributed by atoms with Gasteiger partial charge in [-0.1, -0.05) is 218 Å². The lowest BCUT2D eigenvalue weighted by Gasteiger charge is -2.18. The number of esters is 3. The fourth-order valence-corrected chi connectivity index (χ4v) is 6.99. The molecule has 1 unspecified atom stereocenters. The van der Waals surface area contributed by atoms with Crippen molar-refractivity contribution in [2.24, 2.45) is 0 Å². The first-order valence-corrected chi connectivity index (χ1v) is 24.5. The first-order valence-electron chi connectivity index (χ1n) is 24.5. The molecular formula is C51H92O6. The Bertz CT molecular complexity index is 969. The predicted octanol–water partition coefficient (Wildman–Crippen LogP) is 15.8. The number of unbranched alkanes of at least 4 members (excludes halogenated alkanes) is 27. The van der Waals surface area contributed by atoms with Crippen LogP contribution in [0.1, 0.15) is 252 Å². The van der Waals surface area contributed by atoms with E-state index in [-0.39, 0.29) is 31.1 Å². The van der Waals surface area contributed by atoms with E-state index in [9.17, 15) is 14.4 Å². The summed E-state index contributed by atoms with van der Waals surface area (Å²) >= 11 is 0. The summed E-state index contributed by atoms with van der Waals surface area (Å²) in [6, 6.07) is 0. The van der Waals surface area contributed by atoms with Crippen LogP contribution in [0.25, 0.3) is 0 Å². The molecule has 0 aliphatic heterocycles. The number of rotatable bonds is 44. The molecular weight excluding hydrogens is 709 g/mol. The van der Waals surface area contributed by atoms with Crippen LogP contribution in [0.4, 0.5) is 0 Å². The second kappa shape index (κ2) is 46.3. The summed E-state index contributed by atoms with van der Waals surface area (Å²) in [6.07, 6.45) is 52.7. The van der Waals surface area contributed by atoms with E-state index in [2.05, 4.69) is 57.2 Å². The molecule has 0 radical (unpaired) electrons. The van der Waals surface area contributed by atoms with Crippen LogP contribution < -0.4 is 0 Å². The highest BCUT2D eigenvalue weighted by atomic mass is 16.6. The minimum atomic E-state index is -0.766. The number of hydrogen-bond acceptors (Lipinski definition) is 6. The Morgan fingerprint density at radius 2 is 0.684 bits per heavy atom. The van der Waals surface area contributed by atoms with Gasteiger partial charge in [0, 0.05) is 19.3 Å². The van der Waals surface area contributed by atoms with Crippen LogP contribution in [0.5, 0.6) is 0 Å². The molecule has 0 saturated heterocycles. The molecule has 1 atom stereocenters. The molecule has 0 fully saturated rings. The van der Waals surface area contributed by atoms with Crippen LogP contribution >= 0.6 is 0 Å². The lowest BCUT2D eigenvalue weighted by Crippen LogP contribution is -2.30. The average molecular weight is 801 g/mol. The number of allylic oxidation sites excluding steroid dienone is 6. The maximum atomic E-state index is 12.7. The van der Waals surface area contributed by atoms with Gasteiger partial charge in [0.1, 0.15) is 13.2 Å². The molecule has 0 saturated carbocycles. The number of carbonyl (C=O) groups is 3. The second-order valence-electron chi connectivity index (χ2n) is 16.4. The lowest BCUT2D eigenvalue weighted by molar-refractivity contribution is -0.167. The van der Waals surface area contributed by atoms with Crippen molar-refractivity contribution in [3.63, 3.8) is 0 Å². The zero-order valence-electron chi connectivity index (χ0n) is 37.9. The molecule has 0 aromatic heterocycles. The zero-order valence-corrected chi connectivity index (χ0v) is 37.9. The van der Waals surface area contributed by atoms with Gasteiger partial charge >= 0.3 is 17.9 Å². The molecule has 0 N–H and O–H groups in total. The van der Waals surface area contributed by atoms with Crippen molar-refractivity contribution in [3.8, 4) is 0 Å². The average Bonchev–Trinajstić information content (AvgIpc) is 3.21. The van der Waals surface area contributed by atoms with E-state index >= 15 is 0 Å². The molecule has 0 amide bonds. The van der Waals surface area contributed by atoms with Crippen LogP contribution in [-0.4, -0.2) is 37.2 Å². The minimum Gasteiger partial charge on any atom is -0.462 e. The van der Waals surface area contributed by atoms with E-state index in [1.807, 2.05) is 0 Å². The standard InChI is InChI=1S/C51H92O6/c1-4-7-10-13-16-19-21-22-23-24-25-26-27-28-30-32-35-38-41-44-50(53)56-47-48(46-55-49(52)43-40-37-34-31-18-15-12-9-6-3)57-51(54)45-42-39-36-33-29-20-17-14-11-8-5-2/h7,10,16,19,22-23,48H,4-6,8-9,11-15,17-18,20-21,24-47H2,1-3H3/b10-7-,19-16-,23-22-. The van der Waals surface area contributed by atoms with Crippen LogP contribution in [-0.2, 0) is 28.6 Å². The van der Waals surface area contributed by atoms with Crippen molar-refractivity contribution in [2.45, 2.75) is 258 Å². The third-order valence-corrected chi connectivity index (χ3v) is 10.7. The van der Waals surface area contributed by atoms with Gasteiger partial charge in [0.05, 0.1) is 0 Å². The zero-order chi connectivity index (χ0) is 41.5. The van der Waals surface area contributed by atoms with Crippen LogP contribution in [0.3, 0.4) is 0 Å². The molecule has 0 aliphatic carbocycles. The number of carbonyl (C=O) groups excluding carboxylic acids is 3. The van der Waals surface area contributed by atoms with E-state index in [1.165, 1.54) is 135 Å². The number of ether oxygens (including phenoxy) is 3. The van der Waals surface area contributed by atoms with Crippen LogP contribution in [0, 0.1) is 0 Å². The summed E-state index contributed by atoms with van der Waals surface area (Å²) in [7, 11) is 0. The summed E-state index contributed by atoms with van der Waals surface area (Å²) in [5.41, 5.74) is 0. The minimum absolute atomic E-state index is 0.0702. The SMILES string of the molecule is CC/C=C\C/C=C\C/C=C\CCCCCCCCCCCC(=O)OCC(COC(=O)CCCCCCCCCCC)OC(=O)CCCCCCCCCCCCC. The molecule has 0 spiro atoms. The van der Waals surface area contributed by atoms with Gasteiger partial charge in [0.15, 0.2) is 6.10 Å². The largest absolute Gasteiger partial charge is 0.462 e. The highest BCUT2D eigenvalue weighted by molar-refractivity contribution is 5.71. The maximum Gasteiger partial charge on any atom is 0.306 e. The molecule has 57 heavy (non-hydrogen) atoms. The first kappa shape index (κ1) is 54.6. The highest BCUT2D eigenvalue weighted by Crippen LogP contribution is 2.15. The fourth-order valence-electron chi connectivity index (χ4n) is 6.99. The molecule has 0 bridgehead atoms. The van der Waals surface area contributed by atoms with Crippen molar-refractivity contribution in [3.05, 3.63) is 36.5 Å². The molecule has 0 aromatic rings. The molecule has 6 nitrogen and oxygen atoms in total. The van der Waals surface area contributed by atoms with Gasteiger partial charge in [0.25, 0.3) is 0 Å². The van der Waals surface area contributed by atoms with E-state index in [0.717, 1.165) is 77.0 Å². The Labute approximate surface area is 353 Å². The predicted molar refractivity (Wildman–Crippen MR) is 242 cm³/mol. The molecule has 6 heteroatoms. The van der Waals surface area contributed by atoms with Gasteiger partial charge in [-0.25, -0.2) is 0 Å². The van der Waals surface area contributed by atoms with Crippen LogP contribution in [0.15, 0.2) is 36.5 Å². The van der Waals surface area contributed by atoms with E-state index in [0.29, 0.717) is 19.3 Å². The number of hydrogen-bond donors (Lipinski definition) is 0. The Balaban J connectivity index is 4.26. The Morgan fingerprint density at radius 3 is 1.07 bits per heavy atom. The van der Waals surface area contributed by atoms with Gasteiger partial charge in [-0.3, -0.25) is 14.4 Å². The quantitative estimate of drug-likeness (QED) is 0.0264. The molecule has 0 heterocycles. The summed E-state index contributed by atoms with van der Waals surface area (Å²) < 4.78 is 16.7. The van der Waals surface area contributed by atoms with Crippen molar-refractivity contribution in [2.75, 3.05) is 13.2 Å². The highest BCUT2D eigenvalue weighted by Gasteiger charge is 2.19. The van der Waals surface area contributed by atoms with E-state index in [1.54, 1.807) is 0 Å². The van der Waals surface area contributed by atoms with Crippen molar-refractivity contribution >= 4 is 17.9 Å². The van der Waals surface area contributed by atoms with Crippen molar-refractivity contribution in [1.29, 1.82) is 0 Å². The molecule has 332 valence electrons. The summed E-state index contributed by atoms with van der Waals surface area (Å²) in [6.45, 7) is 6.51. The van der Waals surface area contributed by atoms with Crippen molar-refractivity contribution < 1.29 is 28.6 Å². The fraction of sp³-hybridized carbons (Fsp3) is 0.824. The van der Waals surface area contributed by atoms with Crippen LogP contribution in [0.2, 0.25) is 0 Å². The monoisotopic (exact) mass is 801 g/mol. The summed E-state index contributed by atoms with van der Waals surface area (Å²) in [4.78, 5) is 37.8. The lowest BCUT2D eigenvalue weighted by atomic mass is 10.1. The van der Waals surface area contributed by atoms with Crippen molar-refractivity contribution in [1.82, 2.24) is 0 Å². The Morgan fingerprint density at radius 1 is 0.368 bits per heavy atom. The third kappa shape index (κ3) is 44.6. The molecule has 0 aromatic carbocycles. The summed E-state index contributed by atoms with van der Waals surface area (Å²) in [5, 5.41) is 0. The van der Waals surface area contributed by atoms with Gasteiger partial charge in [0.2, 0.25) is 0 Å². The maximum absolute atomic E-state index is 12.7. The van der Waals surface area contributed by atoms with Gasteiger partial charge in [-0.2, -0.15) is 0 Å². The van der Waals surface area contributed by atoms with E-state index in [4.69, 9.17) is 14.2 Å². The topological polar surface area (TPSA) is 78.9 Å². The molecule has 0 aliphatic rings. The molecule has 0 rings (SSSR count). The third-order valence-electron chi connectivity index (χ3n) is 10.7. The van der Waals surface area contributed by atoms with Gasteiger partial charge in [-0.05, 0) is 51.4 Å². The first-order chi connectivity index (χ1) is 28.0. The Kier molecular flexibility index (Phi) is 44.4. The van der Waals surface area contributed by atoms with Gasteiger partial charge in [-0.15, -0.1) is 0 Å². The second-order valence-corrected chi connectivity index (χ2v) is 16.4. The van der Waals surface area contributed by atoms with E-state index < -0.39 is 6.10 Å². The smallest absolute Gasteiger partial charge is 0.306 e.